The average molecular weight is 650 g/mol. The fourth-order valence-electron chi connectivity index (χ4n) is 7.10. The number of benzene rings is 2. The van der Waals surface area contributed by atoms with Crippen LogP contribution in [0.25, 0.3) is 0 Å². The number of primary amides is 1. The monoisotopic (exact) mass is 649 g/mol. The highest BCUT2D eigenvalue weighted by Gasteiger charge is 2.69. The van der Waals surface area contributed by atoms with Crippen molar-refractivity contribution >= 4 is 29.2 Å². The molecular formula is C30H28ClF4N5O5. The van der Waals surface area contributed by atoms with E-state index < -0.39 is 69.5 Å². The number of methoxy groups -OCH3 is 1. The van der Waals surface area contributed by atoms with Crippen LogP contribution < -0.4 is 20.2 Å². The van der Waals surface area contributed by atoms with Crippen LogP contribution in [0.4, 0.5) is 23.4 Å². The van der Waals surface area contributed by atoms with E-state index in [2.05, 4.69) is 9.72 Å². The van der Waals surface area contributed by atoms with Crippen LogP contribution in [0.2, 0.25) is 5.02 Å². The molecule has 2 atom stereocenters. The van der Waals surface area contributed by atoms with Gasteiger partial charge >= 0.3 is 6.61 Å². The normalized spacial score (nSPS) is 23.4. The number of anilines is 1. The van der Waals surface area contributed by atoms with Crippen molar-refractivity contribution in [1.82, 2.24) is 14.9 Å². The van der Waals surface area contributed by atoms with E-state index in [1.54, 1.807) is 17.0 Å². The van der Waals surface area contributed by atoms with E-state index >= 15 is 13.6 Å². The molecule has 3 fully saturated rings. The van der Waals surface area contributed by atoms with Gasteiger partial charge in [0.2, 0.25) is 5.91 Å². The molecule has 238 valence electrons. The predicted molar refractivity (Wildman–Crippen MR) is 153 cm³/mol. The lowest BCUT2D eigenvalue weighted by Gasteiger charge is -2.63. The molecule has 10 nitrogen and oxygen atoms in total. The number of carbonyl (C=O) groups is 2. The van der Waals surface area contributed by atoms with Gasteiger partial charge in [-0.2, -0.15) is 8.78 Å². The van der Waals surface area contributed by atoms with Crippen molar-refractivity contribution in [3.05, 3.63) is 82.0 Å². The Labute approximate surface area is 259 Å². The van der Waals surface area contributed by atoms with Crippen LogP contribution in [0.3, 0.4) is 0 Å². The molecule has 3 aromatic rings. The van der Waals surface area contributed by atoms with E-state index in [-0.39, 0.29) is 35.8 Å². The highest BCUT2D eigenvalue weighted by Crippen LogP contribution is 2.60. The summed E-state index contributed by atoms with van der Waals surface area (Å²) in [7, 11) is 2.65. The summed E-state index contributed by atoms with van der Waals surface area (Å²) in [6.45, 7) is -3.03. The zero-order valence-corrected chi connectivity index (χ0v) is 24.8. The van der Waals surface area contributed by atoms with Gasteiger partial charge in [0.15, 0.2) is 5.54 Å². The molecule has 0 radical (unpaired) electrons. The second-order valence-corrected chi connectivity index (χ2v) is 11.9. The van der Waals surface area contributed by atoms with Gasteiger partial charge in [-0.25, -0.2) is 23.8 Å². The standard InChI is InChI=1S/C30H28ClF4N5O5/c1-38-25(24-20(32)7-16(44-2)8-21(24)33)30(39-13-29(14-39)11-15(41)12-29,27(43)40(38)23-5-3-4-6-37-23)18-10-22(45-28(34)35)19(31)9-17(18)26(36)42/h3-10,15,25,28,41H,11-14H2,1-2H3,(H2,36,42). The topological polar surface area (TPSA) is 121 Å². The second kappa shape index (κ2) is 11.1. The third-order valence-corrected chi connectivity index (χ3v) is 9.18. The molecule has 2 aliphatic heterocycles. The van der Waals surface area contributed by atoms with E-state index in [0.717, 1.165) is 29.3 Å². The van der Waals surface area contributed by atoms with Crippen LogP contribution >= 0.6 is 11.6 Å². The number of hydrazine groups is 1. The van der Waals surface area contributed by atoms with E-state index in [0.29, 0.717) is 12.8 Å². The fourth-order valence-corrected chi connectivity index (χ4v) is 7.31. The van der Waals surface area contributed by atoms with Gasteiger partial charge in [-0.3, -0.25) is 14.5 Å². The number of aliphatic hydroxyl groups excluding tert-OH is 1. The molecule has 2 aromatic carbocycles. The Morgan fingerprint density at radius 3 is 2.36 bits per heavy atom. The number of aliphatic hydroxyl groups is 1. The van der Waals surface area contributed by atoms with Crippen LogP contribution in [-0.4, -0.2) is 71.8 Å². The van der Waals surface area contributed by atoms with Crippen molar-refractivity contribution in [2.24, 2.45) is 11.1 Å². The Morgan fingerprint density at radius 1 is 1.16 bits per heavy atom. The molecule has 1 aliphatic carbocycles. The predicted octanol–water partition coefficient (Wildman–Crippen LogP) is 4.01. The third-order valence-electron chi connectivity index (χ3n) is 8.88. The first-order valence-corrected chi connectivity index (χ1v) is 14.2. The summed E-state index contributed by atoms with van der Waals surface area (Å²) < 4.78 is 68.9. The second-order valence-electron chi connectivity index (χ2n) is 11.5. The maximum atomic E-state index is 16.1. The van der Waals surface area contributed by atoms with Crippen molar-refractivity contribution in [3.63, 3.8) is 0 Å². The molecule has 0 bridgehead atoms. The lowest BCUT2D eigenvalue weighted by Crippen LogP contribution is -2.71. The van der Waals surface area contributed by atoms with Crippen molar-refractivity contribution in [2.45, 2.75) is 37.1 Å². The first-order chi connectivity index (χ1) is 21.3. The molecule has 3 N–H and O–H groups in total. The van der Waals surface area contributed by atoms with Crippen LogP contribution in [0.15, 0.2) is 48.7 Å². The quantitative estimate of drug-likeness (QED) is 0.351. The summed E-state index contributed by atoms with van der Waals surface area (Å²) in [4.78, 5) is 34.0. The van der Waals surface area contributed by atoms with Crippen LogP contribution in [0.5, 0.6) is 11.5 Å². The minimum Gasteiger partial charge on any atom is -0.497 e. The SMILES string of the molecule is COc1cc(F)c(C2N(C)N(c3ccccn3)C(=O)C2(c2cc(OC(F)F)c(Cl)cc2C(N)=O)N2CC3(CC(O)C3)C2)c(F)c1. The van der Waals surface area contributed by atoms with Crippen LogP contribution in [-0.2, 0) is 10.3 Å². The molecule has 2 saturated heterocycles. The molecule has 2 unspecified atom stereocenters. The highest BCUT2D eigenvalue weighted by molar-refractivity contribution is 6.32. The molecule has 1 saturated carbocycles. The van der Waals surface area contributed by atoms with Crippen LogP contribution in [0, 0.1) is 17.0 Å². The summed E-state index contributed by atoms with van der Waals surface area (Å²) in [5.74, 6) is -4.65. The summed E-state index contributed by atoms with van der Waals surface area (Å²) >= 11 is 6.23. The number of likely N-dealkylation sites (tertiary alicyclic amines) is 1. The molecule has 1 aromatic heterocycles. The maximum Gasteiger partial charge on any atom is 0.387 e. The van der Waals surface area contributed by atoms with Gasteiger partial charge in [-0.1, -0.05) is 17.7 Å². The largest absolute Gasteiger partial charge is 0.497 e. The molecule has 3 aliphatic rings. The van der Waals surface area contributed by atoms with Crippen molar-refractivity contribution < 1.29 is 41.7 Å². The number of carbonyl (C=O) groups excluding carboxylic acids is 2. The molecular weight excluding hydrogens is 622 g/mol. The summed E-state index contributed by atoms with van der Waals surface area (Å²) in [5.41, 5.74) is 2.02. The molecule has 6 rings (SSSR count). The number of likely N-dealkylation sites (N-methyl/N-ethyl adjacent to an activating group) is 1. The van der Waals surface area contributed by atoms with Gasteiger partial charge in [0.25, 0.3) is 5.91 Å². The van der Waals surface area contributed by atoms with E-state index in [1.165, 1.54) is 31.4 Å². The molecule has 2 amide bonds. The fraction of sp³-hybridized carbons (Fsp3) is 0.367. The van der Waals surface area contributed by atoms with E-state index in [4.69, 9.17) is 22.1 Å². The number of pyridine rings is 1. The molecule has 15 heteroatoms. The van der Waals surface area contributed by atoms with Crippen molar-refractivity contribution in [2.75, 3.05) is 32.3 Å². The Hall–Kier alpha value is -3.98. The third kappa shape index (κ3) is 4.78. The Morgan fingerprint density at radius 2 is 1.82 bits per heavy atom. The highest BCUT2D eigenvalue weighted by atomic mass is 35.5. The lowest BCUT2D eigenvalue weighted by molar-refractivity contribution is -0.177. The number of amides is 2. The number of hydrogen-bond donors (Lipinski definition) is 2. The molecule has 1 spiro atoms. The van der Waals surface area contributed by atoms with Crippen molar-refractivity contribution in [1.29, 1.82) is 0 Å². The first-order valence-electron chi connectivity index (χ1n) is 13.9. The zero-order valence-electron chi connectivity index (χ0n) is 24.0. The summed E-state index contributed by atoms with van der Waals surface area (Å²) in [6.07, 6.45) is 1.67. The number of rotatable bonds is 8. The number of halogens is 5. The van der Waals surface area contributed by atoms with Gasteiger partial charge in [-0.05, 0) is 37.1 Å². The number of nitrogens with two attached hydrogens (primary N) is 1. The number of nitrogens with zero attached hydrogens (tertiary/aromatic N) is 4. The van der Waals surface area contributed by atoms with Gasteiger partial charge in [0, 0.05) is 60.6 Å². The number of ether oxygens (including phenoxy) is 2. The van der Waals surface area contributed by atoms with Crippen LogP contribution in [0.1, 0.15) is 40.4 Å². The van der Waals surface area contributed by atoms with Gasteiger partial charge in [0.05, 0.1) is 24.3 Å². The van der Waals surface area contributed by atoms with Gasteiger partial charge < -0.3 is 20.3 Å². The Kier molecular flexibility index (Phi) is 7.67. The number of hydrogen-bond acceptors (Lipinski definition) is 8. The summed E-state index contributed by atoms with van der Waals surface area (Å²) in [6, 6.07) is 7.04. The van der Waals surface area contributed by atoms with E-state index in [9.17, 15) is 18.7 Å². The number of alkyl halides is 2. The van der Waals surface area contributed by atoms with Gasteiger partial charge in [0.1, 0.15) is 29.0 Å². The molecule has 45 heavy (non-hydrogen) atoms. The minimum absolute atomic E-state index is 0.0825. The van der Waals surface area contributed by atoms with E-state index in [1.807, 2.05) is 0 Å². The van der Waals surface area contributed by atoms with Gasteiger partial charge in [-0.15, -0.1) is 0 Å². The Bertz CT molecular complexity index is 1650. The maximum absolute atomic E-state index is 16.1. The zero-order chi connectivity index (χ0) is 32.4. The van der Waals surface area contributed by atoms with Crippen molar-refractivity contribution in [3.8, 4) is 11.5 Å². The lowest BCUT2D eigenvalue weighted by atomic mass is 9.59. The number of aromatic nitrogens is 1. The summed E-state index contributed by atoms with van der Waals surface area (Å²) in [5, 5.41) is 12.1. The first kappa shape index (κ1) is 31.0. The Balaban J connectivity index is 1.69. The molecule has 3 heterocycles. The average Bonchev–Trinajstić information content (AvgIpc) is 3.16. The smallest absolute Gasteiger partial charge is 0.387 e. The minimum atomic E-state index is -3.34.